The number of esters is 4. The molecule has 0 heterocycles. The molecule has 0 rings (SSSR count). The second kappa shape index (κ2) is 66.6. The molecule has 0 aromatic rings. The molecule has 0 bridgehead atoms. The lowest BCUT2D eigenvalue weighted by molar-refractivity contribution is -0.161. The van der Waals surface area contributed by atoms with Crippen LogP contribution < -0.4 is 0 Å². The summed E-state index contributed by atoms with van der Waals surface area (Å²) in [6.45, 7) is 11.9. The van der Waals surface area contributed by atoms with E-state index in [1.165, 1.54) is 199 Å². The Bertz CT molecular complexity index is 1850. The summed E-state index contributed by atoms with van der Waals surface area (Å²) in [5.41, 5.74) is 0. The topological polar surface area (TPSA) is 237 Å². The highest BCUT2D eigenvalue weighted by atomic mass is 31.2. The minimum Gasteiger partial charge on any atom is -0.462 e. The van der Waals surface area contributed by atoms with Crippen LogP contribution in [-0.2, 0) is 65.4 Å². The lowest BCUT2D eigenvalue weighted by atomic mass is 10.0. The molecule has 0 saturated carbocycles. The van der Waals surface area contributed by atoms with Gasteiger partial charge in [0.15, 0.2) is 12.2 Å². The van der Waals surface area contributed by atoms with Gasteiger partial charge < -0.3 is 33.8 Å². The van der Waals surface area contributed by atoms with Crippen molar-refractivity contribution in [1.29, 1.82) is 0 Å². The summed E-state index contributed by atoms with van der Waals surface area (Å²) >= 11 is 0. The predicted molar refractivity (Wildman–Crippen MR) is 386 cm³/mol. The highest BCUT2D eigenvalue weighted by Gasteiger charge is 2.30. The Morgan fingerprint density at radius 1 is 0.284 bits per heavy atom. The molecule has 5 atom stereocenters. The van der Waals surface area contributed by atoms with E-state index in [-0.39, 0.29) is 25.7 Å². The van der Waals surface area contributed by atoms with E-state index in [1.54, 1.807) is 0 Å². The number of carbonyl (C=O) groups is 4. The number of hydrogen-bond acceptors (Lipinski definition) is 15. The molecule has 564 valence electrons. The molecule has 0 aromatic carbocycles. The maximum absolute atomic E-state index is 13.1. The molecule has 0 aliphatic carbocycles. The number of aliphatic hydroxyl groups is 1. The average molecular weight is 1400 g/mol. The van der Waals surface area contributed by atoms with Crippen molar-refractivity contribution in [1.82, 2.24) is 0 Å². The zero-order chi connectivity index (χ0) is 70.1. The van der Waals surface area contributed by atoms with Crippen molar-refractivity contribution in [3.05, 3.63) is 0 Å². The van der Waals surface area contributed by atoms with Crippen molar-refractivity contribution >= 4 is 39.5 Å². The fraction of sp³-hybridized carbons (Fsp3) is 0.947. The van der Waals surface area contributed by atoms with Crippen molar-refractivity contribution < 1.29 is 80.2 Å². The van der Waals surface area contributed by atoms with Gasteiger partial charge in [0.05, 0.1) is 26.4 Å². The normalized spacial score (nSPS) is 14.1. The monoisotopic (exact) mass is 1400 g/mol. The zero-order valence-corrected chi connectivity index (χ0v) is 63.9. The smallest absolute Gasteiger partial charge is 0.462 e. The number of carbonyl (C=O) groups excluding carboxylic acids is 4. The van der Waals surface area contributed by atoms with E-state index in [4.69, 9.17) is 37.0 Å². The van der Waals surface area contributed by atoms with Gasteiger partial charge in [-0.2, -0.15) is 0 Å². The van der Waals surface area contributed by atoms with Gasteiger partial charge in [-0.25, -0.2) is 9.13 Å². The lowest BCUT2D eigenvalue weighted by Crippen LogP contribution is -2.30. The summed E-state index contributed by atoms with van der Waals surface area (Å²) in [5, 5.41) is 10.6. The fourth-order valence-electron chi connectivity index (χ4n) is 11.6. The molecule has 19 heteroatoms. The number of phosphoric acid groups is 2. The van der Waals surface area contributed by atoms with Crippen LogP contribution in [0.1, 0.15) is 389 Å². The first-order valence-corrected chi connectivity index (χ1v) is 42.3. The molecule has 0 fully saturated rings. The number of aliphatic hydroxyl groups excluding tert-OH is 1. The molecule has 0 aromatic heterocycles. The van der Waals surface area contributed by atoms with Crippen LogP contribution in [0.15, 0.2) is 0 Å². The number of ether oxygens (including phenoxy) is 4. The van der Waals surface area contributed by atoms with Crippen molar-refractivity contribution in [2.75, 3.05) is 39.6 Å². The van der Waals surface area contributed by atoms with E-state index >= 15 is 0 Å². The summed E-state index contributed by atoms with van der Waals surface area (Å²) in [4.78, 5) is 72.8. The summed E-state index contributed by atoms with van der Waals surface area (Å²) < 4.78 is 68.5. The molecule has 17 nitrogen and oxygen atoms in total. The number of rotatable bonds is 74. The van der Waals surface area contributed by atoms with Gasteiger partial charge >= 0.3 is 39.5 Å². The zero-order valence-electron chi connectivity index (χ0n) is 62.1. The molecule has 3 N–H and O–H groups in total. The van der Waals surface area contributed by atoms with E-state index in [9.17, 15) is 43.2 Å². The van der Waals surface area contributed by atoms with E-state index < -0.39 is 97.5 Å². The van der Waals surface area contributed by atoms with Crippen LogP contribution in [0.25, 0.3) is 0 Å². The van der Waals surface area contributed by atoms with E-state index in [0.29, 0.717) is 25.7 Å². The number of phosphoric ester groups is 2. The van der Waals surface area contributed by atoms with E-state index in [2.05, 4.69) is 48.5 Å². The van der Waals surface area contributed by atoms with Gasteiger partial charge in [0.1, 0.15) is 19.3 Å². The van der Waals surface area contributed by atoms with Gasteiger partial charge in [-0.3, -0.25) is 37.3 Å². The predicted octanol–water partition coefficient (Wildman–Crippen LogP) is 22.2. The van der Waals surface area contributed by atoms with Gasteiger partial charge in [0, 0.05) is 25.7 Å². The minimum absolute atomic E-state index is 0.106. The van der Waals surface area contributed by atoms with Crippen LogP contribution in [0, 0.1) is 17.8 Å². The average Bonchev–Trinajstić information content (AvgIpc) is 1.95. The molecule has 2 unspecified atom stereocenters. The second-order valence-corrected chi connectivity index (χ2v) is 31.7. The fourth-order valence-corrected chi connectivity index (χ4v) is 13.2. The Morgan fingerprint density at radius 2 is 0.484 bits per heavy atom. The Balaban J connectivity index is 5.23. The van der Waals surface area contributed by atoms with Gasteiger partial charge in [0.2, 0.25) is 0 Å². The molecule has 0 aliphatic rings. The summed E-state index contributed by atoms with van der Waals surface area (Å²) in [6.07, 6.45) is 52.7. The maximum atomic E-state index is 13.1. The van der Waals surface area contributed by atoms with Gasteiger partial charge in [-0.15, -0.1) is 0 Å². The quantitative estimate of drug-likeness (QED) is 0.0222. The highest BCUT2D eigenvalue weighted by molar-refractivity contribution is 7.47. The molecular formula is C76H148O17P2. The third kappa shape index (κ3) is 70.3. The maximum Gasteiger partial charge on any atom is 0.472 e. The Labute approximate surface area is 581 Å². The Hall–Kier alpha value is -1.94. The molecule has 0 saturated heterocycles. The largest absolute Gasteiger partial charge is 0.472 e. The van der Waals surface area contributed by atoms with Crippen molar-refractivity contribution in [2.45, 2.75) is 407 Å². The molecule has 95 heavy (non-hydrogen) atoms. The van der Waals surface area contributed by atoms with Crippen LogP contribution in [0.5, 0.6) is 0 Å². The molecule has 0 radical (unpaired) electrons. The standard InChI is InChI=1S/C76H148O17P2/c1-8-9-10-11-12-26-36-43-50-57-73(78)86-63-71(92-76(81)60-53-46-39-32-25-19-22-29-35-42-49-56-69(6)7)65-90-94(82,83)88-61-70(77)62-89-95(84,85)91-66-72(64-87-74(79)58-51-44-37-30-24-18-21-28-34-41-48-55-68(4)5)93-75(80)59-52-45-38-31-23-17-15-13-14-16-20-27-33-40-47-54-67(2)3/h67-72,77H,8-66H2,1-7H3,(H,82,83)(H,84,85)/t70-,71+,72+/m0/s1. The first kappa shape index (κ1) is 93.1. The van der Waals surface area contributed by atoms with E-state index in [0.717, 1.165) is 108 Å². The first-order chi connectivity index (χ1) is 45.7. The van der Waals surface area contributed by atoms with Crippen LogP contribution in [0.3, 0.4) is 0 Å². The number of hydrogen-bond donors (Lipinski definition) is 3. The number of unbranched alkanes of at least 4 members (excludes halogenated alkanes) is 42. The van der Waals surface area contributed by atoms with Crippen LogP contribution >= 0.6 is 15.6 Å². The van der Waals surface area contributed by atoms with Crippen LogP contribution in [-0.4, -0.2) is 96.7 Å². The molecule has 0 spiro atoms. The third-order valence-corrected chi connectivity index (χ3v) is 19.5. The lowest BCUT2D eigenvalue weighted by Gasteiger charge is -2.21. The summed E-state index contributed by atoms with van der Waals surface area (Å²) in [7, 11) is -9.91. The van der Waals surface area contributed by atoms with Crippen molar-refractivity contribution in [3.8, 4) is 0 Å². The van der Waals surface area contributed by atoms with Gasteiger partial charge in [-0.05, 0) is 43.4 Å². The molecule has 0 aliphatic heterocycles. The summed E-state index contributed by atoms with van der Waals surface area (Å²) in [5.74, 6) is 0.221. The summed E-state index contributed by atoms with van der Waals surface area (Å²) in [6, 6.07) is 0. The van der Waals surface area contributed by atoms with Crippen LogP contribution in [0.2, 0.25) is 0 Å². The Kier molecular flexibility index (Phi) is 65.2. The first-order valence-electron chi connectivity index (χ1n) is 39.3. The molecular weight excluding hydrogens is 1250 g/mol. The Morgan fingerprint density at radius 3 is 0.716 bits per heavy atom. The SMILES string of the molecule is CCCCCCCCCCCC(=O)OC[C@H](COP(=O)(O)OC[C@H](O)COP(=O)(O)OC[C@@H](COC(=O)CCCCCCCCCCCCCC(C)C)OC(=O)CCCCCCCCCCCCCCCCCC(C)C)OC(=O)CCCCCCCCCCCCCC(C)C. The van der Waals surface area contributed by atoms with Gasteiger partial charge in [0.25, 0.3) is 0 Å². The molecule has 0 amide bonds. The minimum atomic E-state index is -4.96. The second-order valence-electron chi connectivity index (χ2n) is 28.8. The highest BCUT2D eigenvalue weighted by Crippen LogP contribution is 2.45. The van der Waals surface area contributed by atoms with Crippen molar-refractivity contribution in [3.63, 3.8) is 0 Å². The van der Waals surface area contributed by atoms with Crippen LogP contribution in [0.4, 0.5) is 0 Å². The van der Waals surface area contributed by atoms with E-state index in [1.807, 2.05) is 0 Å². The van der Waals surface area contributed by atoms with Gasteiger partial charge in [-0.1, -0.05) is 337 Å². The van der Waals surface area contributed by atoms with Crippen molar-refractivity contribution in [2.24, 2.45) is 17.8 Å². The third-order valence-electron chi connectivity index (χ3n) is 17.6.